The number of thiophene rings is 1. The molecule has 9 heteroatoms. The number of benzene rings is 1. The van der Waals surface area contributed by atoms with Gasteiger partial charge >= 0.3 is 0 Å². The van der Waals surface area contributed by atoms with Crippen molar-refractivity contribution in [3.63, 3.8) is 0 Å². The van der Waals surface area contributed by atoms with Gasteiger partial charge in [0.25, 0.3) is 5.69 Å². The van der Waals surface area contributed by atoms with Gasteiger partial charge in [0, 0.05) is 30.5 Å². The maximum absolute atomic E-state index is 11.4. The topological polar surface area (TPSA) is 107 Å². The first-order valence-electron chi connectivity index (χ1n) is 6.76. The normalized spacial score (nSPS) is 12.8. The Hall–Kier alpha value is -1.97. The van der Waals surface area contributed by atoms with Crippen LogP contribution in [0.1, 0.15) is 11.8 Å². The number of likely N-dealkylation sites (N-methyl/N-ethyl adjacent to an activating group) is 1. The van der Waals surface area contributed by atoms with Gasteiger partial charge in [-0.1, -0.05) is 6.07 Å². The molecular weight excluding hydrogens is 338 g/mol. The second-order valence-electron chi connectivity index (χ2n) is 5.20. The third kappa shape index (κ3) is 4.06. The highest BCUT2D eigenvalue weighted by molar-refractivity contribution is 7.89. The van der Waals surface area contributed by atoms with Crippen molar-refractivity contribution in [3.8, 4) is 0 Å². The average molecular weight is 355 g/mol. The van der Waals surface area contributed by atoms with Crippen LogP contribution in [0, 0.1) is 10.1 Å². The molecule has 0 fully saturated rings. The summed E-state index contributed by atoms with van der Waals surface area (Å²) >= 11 is 1.62. The molecule has 1 unspecified atom stereocenters. The molecule has 1 aromatic heterocycles. The molecule has 1 heterocycles. The van der Waals surface area contributed by atoms with E-state index in [1.165, 1.54) is 17.0 Å². The van der Waals surface area contributed by atoms with Crippen LogP contribution >= 0.6 is 11.3 Å². The fourth-order valence-electron chi connectivity index (χ4n) is 2.22. The van der Waals surface area contributed by atoms with Crippen molar-refractivity contribution < 1.29 is 13.3 Å². The summed E-state index contributed by atoms with van der Waals surface area (Å²) in [5.74, 6) is 0. The largest absolute Gasteiger partial charge is 0.366 e. The van der Waals surface area contributed by atoms with E-state index < -0.39 is 14.9 Å². The van der Waals surface area contributed by atoms with E-state index in [0.717, 1.165) is 12.5 Å². The monoisotopic (exact) mass is 355 g/mol. The van der Waals surface area contributed by atoms with Gasteiger partial charge < -0.3 is 4.90 Å². The van der Waals surface area contributed by atoms with E-state index in [2.05, 4.69) is 0 Å². The SMILES string of the molecule is CC(Cc1cccs1)N(C)c1ccc(S(N)(=O)=O)cc1[N+](=O)[O-]. The Bertz CT molecular complexity index is 803. The van der Waals surface area contributed by atoms with Crippen molar-refractivity contribution in [1.82, 2.24) is 0 Å². The summed E-state index contributed by atoms with van der Waals surface area (Å²) in [5, 5.41) is 18.3. The van der Waals surface area contributed by atoms with E-state index in [1.807, 2.05) is 24.4 Å². The molecule has 1 aromatic carbocycles. The standard InChI is InChI=1S/C14H17N3O4S2/c1-10(8-11-4-3-7-22-11)16(2)13-6-5-12(23(15,20)21)9-14(13)17(18)19/h3-7,9-10H,8H2,1-2H3,(H2,15,20,21). The van der Waals surface area contributed by atoms with Gasteiger partial charge in [0.1, 0.15) is 5.69 Å². The fraction of sp³-hybridized carbons (Fsp3) is 0.286. The highest BCUT2D eigenvalue weighted by Crippen LogP contribution is 2.31. The van der Waals surface area contributed by atoms with Crippen LogP contribution in [-0.2, 0) is 16.4 Å². The lowest BCUT2D eigenvalue weighted by Gasteiger charge is -2.26. The summed E-state index contributed by atoms with van der Waals surface area (Å²) in [7, 11) is -2.24. The molecular formula is C14H17N3O4S2. The van der Waals surface area contributed by atoms with E-state index in [9.17, 15) is 18.5 Å². The number of nitro benzene ring substituents is 1. The number of hydrogen-bond donors (Lipinski definition) is 1. The van der Waals surface area contributed by atoms with Crippen molar-refractivity contribution in [2.45, 2.75) is 24.3 Å². The predicted molar refractivity (Wildman–Crippen MR) is 90.4 cm³/mol. The van der Waals surface area contributed by atoms with Crippen molar-refractivity contribution in [3.05, 3.63) is 50.7 Å². The second kappa shape index (κ2) is 6.65. The van der Waals surface area contributed by atoms with Gasteiger partial charge in [-0.05, 0) is 30.5 Å². The maximum atomic E-state index is 11.4. The van der Waals surface area contributed by atoms with Crippen molar-refractivity contribution >= 4 is 32.7 Å². The lowest BCUT2D eigenvalue weighted by Crippen LogP contribution is -2.31. The molecule has 23 heavy (non-hydrogen) atoms. The van der Waals surface area contributed by atoms with Gasteiger partial charge in [-0.3, -0.25) is 10.1 Å². The van der Waals surface area contributed by atoms with E-state index >= 15 is 0 Å². The lowest BCUT2D eigenvalue weighted by molar-refractivity contribution is -0.384. The van der Waals surface area contributed by atoms with Gasteiger partial charge in [0.15, 0.2) is 0 Å². The number of primary sulfonamides is 1. The summed E-state index contributed by atoms with van der Waals surface area (Å²) in [6.45, 7) is 1.96. The summed E-state index contributed by atoms with van der Waals surface area (Å²) in [6.07, 6.45) is 0.738. The van der Waals surface area contributed by atoms with Gasteiger partial charge in [-0.15, -0.1) is 11.3 Å². The van der Waals surface area contributed by atoms with Gasteiger partial charge in [-0.2, -0.15) is 0 Å². The first-order chi connectivity index (χ1) is 10.7. The Balaban J connectivity index is 2.35. The number of rotatable bonds is 6. The number of nitrogens with zero attached hydrogens (tertiary/aromatic N) is 2. The fourth-order valence-corrected chi connectivity index (χ4v) is 3.58. The predicted octanol–water partition coefficient (Wildman–Crippen LogP) is 2.37. The zero-order valence-electron chi connectivity index (χ0n) is 12.7. The summed E-state index contributed by atoms with van der Waals surface area (Å²) in [5.41, 5.74) is 0.0727. The molecule has 0 saturated carbocycles. The average Bonchev–Trinajstić information content (AvgIpc) is 2.97. The second-order valence-corrected chi connectivity index (χ2v) is 7.79. The third-order valence-electron chi connectivity index (χ3n) is 3.59. The molecule has 0 aliphatic carbocycles. The Morgan fingerprint density at radius 3 is 2.61 bits per heavy atom. The number of sulfonamides is 1. The number of nitro groups is 1. The van der Waals surface area contributed by atoms with E-state index in [4.69, 9.17) is 5.14 Å². The summed E-state index contributed by atoms with van der Waals surface area (Å²) in [6, 6.07) is 7.67. The van der Waals surface area contributed by atoms with Crippen molar-refractivity contribution in [1.29, 1.82) is 0 Å². The van der Waals surface area contributed by atoms with Crippen LogP contribution in [0.3, 0.4) is 0 Å². The van der Waals surface area contributed by atoms with Gasteiger partial charge in [0.2, 0.25) is 10.0 Å². The molecule has 0 amide bonds. The first kappa shape index (κ1) is 17.4. The smallest absolute Gasteiger partial charge is 0.293 e. The molecule has 0 aliphatic rings. The zero-order valence-corrected chi connectivity index (χ0v) is 14.3. The van der Waals surface area contributed by atoms with Crippen LogP contribution in [-0.4, -0.2) is 26.4 Å². The molecule has 0 radical (unpaired) electrons. The van der Waals surface area contributed by atoms with Crippen molar-refractivity contribution in [2.75, 3.05) is 11.9 Å². The van der Waals surface area contributed by atoms with E-state index in [-0.39, 0.29) is 16.6 Å². The maximum Gasteiger partial charge on any atom is 0.293 e. The molecule has 2 aromatic rings. The summed E-state index contributed by atoms with van der Waals surface area (Å²) < 4.78 is 22.8. The van der Waals surface area contributed by atoms with Crippen molar-refractivity contribution in [2.24, 2.45) is 5.14 Å². The Kier molecular flexibility index (Phi) is 5.03. The van der Waals surface area contributed by atoms with Crippen LogP contribution in [0.2, 0.25) is 0 Å². The molecule has 2 N–H and O–H groups in total. The molecule has 7 nitrogen and oxygen atoms in total. The number of anilines is 1. The van der Waals surface area contributed by atoms with Crippen LogP contribution in [0.4, 0.5) is 11.4 Å². The molecule has 124 valence electrons. The Labute approximate surface area is 138 Å². The molecule has 1 atom stereocenters. The number of hydrogen-bond acceptors (Lipinski definition) is 6. The van der Waals surface area contributed by atoms with E-state index in [1.54, 1.807) is 23.3 Å². The van der Waals surface area contributed by atoms with Crippen LogP contribution in [0.25, 0.3) is 0 Å². The van der Waals surface area contributed by atoms with Gasteiger partial charge in [0.05, 0.1) is 9.82 Å². The first-order valence-corrected chi connectivity index (χ1v) is 9.19. The Morgan fingerprint density at radius 1 is 1.39 bits per heavy atom. The van der Waals surface area contributed by atoms with Crippen LogP contribution in [0.5, 0.6) is 0 Å². The highest BCUT2D eigenvalue weighted by atomic mass is 32.2. The Morgan fingerprint density at radius 2 is 2.09 bits per heavy atom. The zero-order chi connectivity index (χ0) is 17.2. The van der Waals surface area contributed by atoms with Gasteiger partial charge in [-0.25, -0.2) is 13.6 Å². The minimum absolute atomic E-state index is 0.00711. The minimum Gasteiger partial charge on any atom is -0.366 e. The quantitative estimate of drug-likeness (QED) is 0.632. The molecule has 0 spiro atoms. The lowest BCUT2D eigenvalue weighted by atomic mass is 10.1. The minimum atomic E-state index is -3.98. The molecule has 2 rings (SSSR count). The van der Waals surface area contributed by atoms with E-state index in [0.29, 0.717) is 5.69 Å². The third-order valence-corrected chi connectivity index (χ3v) is 5.40. The molecule has 0 aliphatic heterocycles. The summed E-state index contributed by atoms with van der Waals surface area (Å²) in [4.78, 5) is 13.4. The molecule has 0 bridgehead atoms. The number of nitrogens with two attached hydrogens (primary N) is 1. The van der Waals surface area contributed by atoms with Crippen LogP contribution in [0.15, 0.2) is 40.6 Å². The molecule has 0 saturated heterocycles. The van der Waals surface area contributed by atoms with Crippen LogP contribution < -0.4 is 10.0 Å². The highest BCUT2D eigenvalue weighted by Gasteiger charge is 2.23.